The van der Waals surface area contributed by atoms with Gasteiger partial charge in [-0.25, -0.2) is 0 Å². The molecule has 0 spiro atoms. The molecule has 0 aliphatic carbocycles. The molecule has 1 aromatic carbocycles. The van der Waals surface area contributed by atoms with Gasteiger partial charge in [-0.2, -0.15) is 0 Å². The van der Waals surface area contributed by atoms with Gasteiger partial charge in [0.2, 0.25) is 0 Å². The van der Waals surface area contributed by atoms with Crippen LogP contribution in [0.15, 0.2) is 24.3 Å². The first-order valence-electron chi connectivity index (χ1n) is 7.53. The van der Waals surface area contributed by atoms with Crippen molar-refractivity contribution in [2.45, 2.75) is 26.3 Å². The quantitative estimate of drug-likeness (QED) is 0.907. The highest BCUT2D eigenvalue weighted by Crippen LogP contribution is 2.20. The predicted molar refractivity (Wildman–Crippen MR) is 87.5 cm³/mol. The summed E-state index contributed by atoms with van der Waals surface area (Å²) in [4.78, 5) is 4.88. The third-order valence-electron chi connectivity index (χ3n) is 3.81. The Bertz CT molecular complexity index is 414. The van der Waals surface area contributed by atoms with Crippen LogP contribution in [0.4, 0.5) is 5.69 Å². The van der Waals surface area contributed by atoms with Gasteiger partial charge in [-0.1, -0.05) is 31.5 Å². The van der Waals surface area contributed by atoms with E-state index in [1.807, 2.05) is 18.2 Å². The van der Waals surface area contributed by atoms with Gasteiger partial charge in [0.1, 0.15) is 0 Å². The number of benzene rings is 1. The lowest BCUT2D eigenvalue weighted by molar-refractivity contribution is 0.233. The summed E-state index contributed by atoms with van der Waals surface area (Å²) in [5.74, 6) is 0.678. The van der Waals surface area contributed by atoms with Crippen LogP contribution in [0, 0.1) is 5.92 Å². The van der Waals surface area contributed by atoms with Gasteiger partial charge >= 0.3 is 0 Å². The lowest BCUT2D eigenvalue weighted by Gasteiger charge is -2.37. The number of halogens is 1. The molecule has 4 heteroatoms. The molecule has 2 rings (SSSR count). The molecule has 0 amide bonds. The Labute approximate surface area is 127 Å². The number of rotatable bonds is 5. The summed E-state index contributed by atoms with van der Waals surface area (Å²) in [5, 5.41) is 0.809. The first kappa shape index (κ1) is 15.6. The molecule has 0 bridgehead atoms. The smallest absolute Gasteiger partial charge is 0.0426 e. The summed E-state index contributed by atoms with van der Waals surface area (Å²) < 4.78 is 0. The number of hydrogen-bond donors (Lipinski definition) is 1. The van der Waals surface area contributed by atoms with E-state index in [1.54, 1.807) is 0 Å². The Hall–Kier alpha value is -0.770. The van der Waals surface area contributed by atoms with Crippen molar-refractivity contribution in [3.05, 3.63) is 29.3 Å². The molecule has 0 aromatic heterocycles. The van der Waals surface area contributed by atoms with Crippen LogP contribution in [0.3, 0.4) is 0 Å². The van der Waals surface area contributed by atoms with E-state index in [2.05, 4.69) is 29.7 Å². The summed E-state index contributed by atoms with van der Waals surface area (Å²) in [6.45, 7) is 9.75. The molecular formula is C16H26ClN3. The summed E-state index contributed by atoms with van der Waals surface area (Å²) in [6, 6.07) is 8.41. The molecular weight excluding hydrogens is 270 g/mol. The van der Waals surface area contributed by atoms with Crippen molar-refractivity contribution in [2.75, 3.05) is 37.6 Å². The summed E-state index contributed by atoms with van der Waals surface area (Å²) in [7, 11) is 0. The van der Waals surface area contributed by atoms with Crippen LogP contribution in [-0.2, 0) is 0 Å². The minimum Gasteiger partial charge on any atom is -0.369 e. The van der Waals surface area contributed by atoms with Crippen LogP contribution in [0.2, 0.25) is 5.02 Å². The van der Waals surface area contributed by atoms with Crippen LogP contribution in [0.5, 0.6) is 0 Å². The van der Waals surface area contributed by atoms with Gasteiger partial charge in [-0.05, 0) is 30.5 Å². The standard InChI is InChI=1S/C16H26ClN3/c1-13(2)10-15(18)12-19-6-8-20(9-7-19)16-5-3-4-14(17)11-16/h3-5,11,13,15H,6-10,12,18H2,1-2H3/t15-/m0/s1. The zero-order valence-corrected chi connectivity index (χ0v) is 13.3. The number of nitrogens with two attached hydrogens (primary N) is 1. The van der Waals surface area contributed by atoms with Crippen molar-refractivity contribution in [2.24, 2.45) is 11.7 Å². The van der Waals surface area contributed by atoms with E-state index < -0.39 is 0 Å². The van der Waals surface area contributed by atoms with Gasteiger partial charge in [0, 0.05) is 49.5 Å². The van der Waals surface area contributed by atoms with Gasteiger partial charge in [-0.15, -0.1) is 0 Å². The lowest BCUT2D eigenvalue weighted by atomic mass is 10.0. The molecule has 1 aliphatic rings. The molecule has 0 unspecified atom stereocenters. The number of piperazine rings is 1. The summed E-state index contributed by atoms with van der Waals surface area (Å²) in [6.07, 6.45) is 1.11. The van der Waals surface area contributed by atoms with E-state index in [4.69, 9.17) is 17.3 Å². The maximum atomic E-state index is 6.20. The second-order valence-electron chi connectivity index (χ2n) is 6.16. The van der Waals surface area contributed by atoms with Gasteiger partial charge in [0.25, 0.3) is 0 Å². The highest BCUT2D eigenvalue weighted by molar-refractivity contribution is 6.30. The molecule has 20 heavy (non-hydrogen) atoms. The Morgan fingerprint density at radius 3 is 2.50 bits per heavy atom. The number of hydrogen-bond acceptors (Lipinski definition) is 3. The Morgan fingerprint density at radius 2 is 1.90 bits per heavy atom. The van der Waals surface area contributed by atoms with E-state index in [9.17, 15) is 0 Å². The Kier molecular flexibility index (Phi) is 5.70. The molecule has 1 saturated heterocycles. The molecule has 2 N–H and O–H groups in total. The van der Waals surface area contributed by atoms with Crippen LogP contribution in [0.1, 0.15) is 20.3 Å². The van der Waals surface area contributed by atoms with E-state index in [0.717, 1.165) is 44.2 Å². The summed E-state index contributed by atoms with van der Waals surface area (Å²) in [5.41, 5.74) is 7.42. The lowest BCUT2D eigenvalue weighted by Crippen LogP contribution is -2.50. The average Bonchev–Trinajstić information content (AvgIpc) is 2.38. The van der Waals surface area contributed by atoms with Crippen molar-refractivity contribution in [1.29, 1.82) is 0 Å². The van der Waals surface area contributed by atoms with E-state index in [0.29, 0.717) is 12.0 Å². The third kappa shape index (κ3) is 4.65. The van der Waals surface area contributed by atoms with E-state index >= 15 is 0 Å². The molecule has 1 aliphatic heterocycles. The Morgan fingerprint density at radius 1 is 1.20 bits per heavy atom. The second-order valence-corrected chi connectivity index (χ2v) is 6.59. The average molecular weight is 296 g/mol. The minimum absolute atomic E-state index is 0.299. The zero-order valence-electron chi connectivity index (χ0n) is 12.6. The molecule has 3 nitrogen and oxygen atoms in total. The van der Waals surface area contributed by atoms with Crippen molar-refractivity contribution in [3.63, 3.8) is 0 Å². The second kappa shape index (κ2) is 7.30. The molecule has 0 saturated carbocycles. The fourth-order valence-corrected chi connectivity index (χ4v) is 3.06. The largest absolute Gasteiger partial charge is 0.369 e. The minimum atomic E-state index is 0.299. The SMILES string of the molecule is CC(C)C[C@H](N)CN1CCN(c2cccc(Cl)c2)CC1. The van der Waals surface area contributed by atoms with Gasteiger partial charge in [0.15, 0.2) is 0 Å². The summed E-state index contributed by atoms with van der Waals surface area (Å²) >= 11 is 6.06. The highest BCUT2D eigenvalue weighted by Gasteiger charge is 2.19. The first-order chi connectivity index (χ1) is 9.54. The van der Waals surface area contributed by atoms with Crippen LogP contribution in [-0.4, -0.2) is 43.7 Å². The van der Waals surface area contributed by atoms with Gasteiger partial charge in [0.05, 0.1) is 0 Å². The monoisotopic (exact) mass is 295 g/mol. The highest BCUT2D eigenvalue weighted by atomic mass is 35.5. The Balaban J connectivity index is 1.80. The normalized spacial score (nSPS) is 18.6. The van der Waals surface area contributed by atoms with Crippen LogP contribution in [0.25, 0.3) is 0 Å². The van der Waals surface area contributed by atoms with Gasteiger partial charge < -0.3 is 10.6 Å². The fourth-order valence-electron chi connectivity index (χ4n) is 2.87. The van der Waals surface area contributed by atoms with E-state index in [1.165, 1.54) is 5.69 Å². The topological polar surface area (TPSA) is 32.5 Å². The molecule has 0 radical (unpaired) electrons. The van der Waals surface area contributed by atoms with Crippen LogP contribution < -0.4 is 10.6 Å². The molecule has 112 valence electrons. The third-order valence-corrected chi connectivity index (χ3v) is 4.05. The maximum absolute atomic E-state index is 6.20. The maximum Gasteiger partial charge on any atom is 0.0426 e. The van der Waals surface area contributed by atoms with Gasteiger partial charge in [-0.3, -0.25) is 4.90 Å². The number of nitrogens with zero attached hydrogens (tertiary/aromatic N) is 2. The van der Waals surface area contributed by atoms with Crippen LogP contribution >= 0.6 is 11.6 Å². The molecule has 1 atom stereocenters. The van der Waals surface area contributed by atoms with Crippen molar-refractivity contribution in [3.8, 4) is 0 Å². The molecule has 1 aromatic rings. The van der Waals surface area contributed by atoms with E-state index in [-0.39, 0.29) is 0 Å². The zero-order chi connectivity index (χ0) is 14.5. The predicted octanol–water partition coefficient (Wildman–Crippen LogP) is 2.84. The van der Waals surface area contributed by atoms with Crippen molar-refractivity contribution >= 4 is 17.3 Å². The first-order valence-corrected chi connectivity index (χ1v) is 7.91. The molecule has 1 heterocycles. The molecule has 1 fully saturated rings. The van der Waals surface area contributed by atoms with Crippen molar-refractivity contribution in [1.82, 2.24) is 4.90 Å². The number of anilines is 1. The van der Waals surface area contributed by atoms with Crippen molar-refractivity contribution < 1.29 is 0 Å². The fraction of sp³-hybridized carbons (Fsp3) is 0.625.